The molecule has 0 aromatic heterocycles. The molecule has 0 spiro atoms. The topological polar surface area (TPSA) is 113 Å². The summed E-state index contributed by atoms with van der Waals surface area (Å²) in [6.45, 7) is 0.778. The largest absolute Gasteiger partial charge is 0.399 e. The summed E-state index contributed by atoms with van der Waals surface area (Å²) < 4.78 is 26.4. The fraction of sp³-hybridized carbons (Fsp3) is 0.500. The van der Waals surface area contributed by atoms with E-state index in [9.17, 15) is 18.6 Å². The molecular formula is C12H20N2O4S. The van der Waals surface area contributed by atoms with Crippen LogP contribution in [0.4, 0.5) is 5.69 Å². The molecule has 0 heterocycles. The van der Waals surface area contributed by atoms with Crippen LogP contribution in [-0.2, 0) is 15.8 Å². The van der Waals surface area contributed by atoms with Gasteiger partial charge in [0.05, 0.1) is 24.5 Å². The molecule has 0 radical (unpaired) electrons. The highest BCUT2D eigenvalue weighted by Gasteiger charge is 2.31. The second kappa shape index (κ2) is 6.33. The van der Waals surface area contributed by atoms with Gasteiger partial charge in [-0.15, -0.1) is 0 Å². The van der Waals surface area contributed by atoms with Crippen molar-refractivity contribution in [2.75, 3.05) is 18.9 Å². The van der Waals surface area contributed by atoms with Crippen LogP contribution in [0.2, 0.25) is 0 Å². The van der Waals surface area contributed by atoms with Crippen molar-refractivity contribution in [1.29, 1.82) is 0 Å². The Kier molecular flexibility index (Phi) is 5.30. The highest BCUT2D eigenvalue weighted by Crippen LogP contribution is 2.14. The van der Waals surface area contributed by atoms with E-state index in [2.05, 4.69) is 4.72 Å². The van der Waals surface area contributed by atoms with Gasteiger partial charge in [0.2, 0.25) is 10.0 Å². The Labute approximate surface area is 113 Å². The van der Waals surface area contributed by atoms with Crippen molar-refractivity contribution in [3.8, 4) is 0 Å². The summed E-state index contributed by atoms with van der Waals surface area (Å²) in [6.07, 6.45) is 0.293. The van der Waals surface area contributed by atoms with Crippen LogP contribution in [0, 0.1) is 0 Å². The number of hydrogen-bond acceptors (Lipinski definition) is 5. The van der Waals surface area contributed by atoms with E-state index in [-0.39, 0.29) is 5.75 Å². The van der Waals surface area contributed by atoms with Crippen molar-refractivity contribution < 1.29 is 18.6 Å². The number of sulfonamides is 1. The van der Waals surface area contributed by atoms with Crippen LogP contribution in [0.25, 0.3) is 0 Å². The van der Waals surface area contributed by atoms with Gasteiger partial charge in [0.15, 0.2) is 0 Å². The third-order valence-corrected chi connectivity index (χ3v) is 4.45. The van der Waals surface area contributed by atoms with E-state index in [0.29, 0.717) is 17.7 Å². The zero-order valence-electron chi connectivity index (χ0n) is 10.8. The first-order chi connectivity index (χ1) is 8.86. The highest BCUT2D eigenvalue weighted by atomic mass is 32.2. The molecule has 0 fully saturated rings. The number of aliphatic hydroxyl groups is 2. The Hall–Kier alpha value is -1.15. The minimum absolute atomic E-state index is 0.227. The van der Waals surface area contributed by atoms with Gasteiger partial charge < -0.3 is 15.9 Å². The van der Waals surface area contributed by atoms with E-state index < -0.39 is 28.8 Å². The van der Waals surface area contributed by atoms with Gasteiger partial charge in [-0.2, -0.15) is 0 Å². The zero-order chi connectivity index (χ0) is 14.5. The summed E-state index contributed by atoms with van der Waals surface area (Å²) in [6, 6.07) is 6.49. The first kappa shape index (κ1) is 15.9. The molecule has 1 rings (SSSR count). The third-order valence-electron chi connectivity index (χ3n) is 2.99. The van der Waals surface area contributed by atoms with Crippen molar-refractivity contribution in [3.63, 3.8) is 0 Å². The quantitative estimate of drug-likeness (QED) is 0.520. The summed E-state index contributed by atoms with van der Waals surface area (Å²) in [5, 5.41) is 18.5. The summed E-state index contributed by atoms with van der Waals surface area (Å²) in [7, 11) is -3.65. The van der Waals surface area contributed by atoms with Gasteiger partial charge in [-0.25, -0.2) is 13.1 Å². The first-order valence-electron chi connectivity index (χ1n) is 5.94. The van der Waals surface area contributed by atoms with Crippen LogP contribution in [0.5, 0.6) is 0 Å². The van der Waals surface area contributed by atoms with Gasteiger partial charge in [-0.05, 0) is 24.1 Å². The highest BCUT2D eigenvalue weighted by molar-refractivity contribution is 7.88. The number of benzene rings is 1. The minimum atomic E-state index is -3.65. The van der Waals surface area contributed by atoms with Gasteiger partial charge in [0.1, 0.15) is 0 Å². The standard InChI is InChI=1S/C12H20N2O4S/c1-2-12(8-15,9-16)14-19(17,18)7-10-3-5-11(13)6-4-10/h3-6,14-16H,2,7-9,13H2,1H3. The average Bonchev–Trinajstić information content (AvgIpc) is 2.39. The average molecular weight is 288 g/mol. The van der Waals surface area contributed by atoms with E-state index in [1.165, 1.54) is 0 Å². The number of anilines is 1. The van der Waals surface area contributed by atoms with Crippen LogP contribution in [0.15, 0.2) is 24.3 Å². The van der Waals surface area contributed by atoms with Crippen molar-refractivity contribution >= 4 is 15.7 Å². The molecule has 19 heavy (non-hydrogen) atoms. The maximum absolute atomic E-state index is 12.0. The van der Waals surface area contributed by atoms with Crippen molar-refractivity contribution in [2.45, 2.75) is 24.6 Å². The lowest BCUT2D eigenvalue weighted by Gasteiger charge is -2.29. The van der Waals surface area contributed by atoms with Gasteiger partial charge in [-0.1, -0.05) is 19.1 Å². The third kappa shape index (κ3) is 4.46. The molecular weight excluding hydrogens is 268 g/mol. The van der Waals surface area contributed by atoms with Crippen molar-refractivity contribution in [3.05, 3.63) is 29.8 Å². The number of nitrogens with two attached hydrogens (primary N) is 1. The Balaban J connectivity index is 2.84. The summed E-state index contributed by atoms with van der Waals surface area (Å²) in [4.78, 5) is 0. The van der Waals surface area contributed by atoms with E-state index in [1.807, 2.05) is 0 Å². The summed E-state index contributed by atoms with van der Waals surface area (Å²) in [5.74, 6) is -0.227. The summed E-state index contributed by atoms with van der Waals surface area (Å²) >= 11 is 0. The molecule has 6 nitrogen and oxygen atoms in total. The van der Waals surface area contributed by atoms with Crippen molar-refractivity contribution in [2.24, 2.45) is 0 Å². The zero-order valence-corrected chi connectivity index (χ0v) is 11.7. The molecule has 0 aliphatic rings. The molecule has 0 unspecified atom stereocenters. The second-order valence-corrected chi connectivity index (χ2v) is 6.28. The Morgan fingerprint density at radius 1 is 1.21 bits per heavy atom. The normalized spacial score (nSPS) is 12.6. The number of rotatable bonds is 7. The van der Waals surface area contributed by atoms with E-state index in [4.69, 9.17) is 5.73 Å². The van der Waals surface area contributed by atoms with Crippen LogP contribution in [-0.4, -0.2) is 37.4 Å². The molecule has 0 aliphatic heterocycles. The van der Waals surface area contributed by atoms with Gasteiger partial charge in [0, 0.05) is 5.69 Å². The van der Waals surface area contributed by atoms with E-state index in [1.54, 1.807) is 31.2 Å². The fourth-order valence-electron chi connectivity index (χ4n) is 1.61. The smallest absolute Gasteiger partial charge is 0.216 e. The molecule has 0 saturated heterocycles. The monoisotopic (exact) mass is 288 g/mol. The fourth-order valence-corrected chi connectivity index (χ4v) is 3.25. The molecule has 7 heteroatoms. The Morgan fingerprint density at radius 2 is 1.74 bits per heavy atom. The molecule has 1 aromatic rings. The van der Waals surface area contributed by atoms with Gasteiger partial charge >= 0.3 is 0 Å². The predicted octanol–water partition coefficient (Wildman–Crippen LogP) is -0.178. The maximum atomic E-state index is 12.0. The Morgan fingerprint density at radius 3 is 2.16 bits per heavy atom. The second-order valence-electron chi connectivity index (χ2n) is 4.55. The first-order valence-corrected chi connectivity index (χ1v) is 7.59. The van der Waals surface area contributed by atoms with Crippen molar-refractivity contribution in [1.82, 2.24) is 4.72 Å². The van der Waals surface area contributed by atoms with Gasteiger partial charge in [0.25, 0.3) is 0 Å². The molecule has 1 aromatic carbocycles. The minimum Gasteiger partial charge on any atom is -0.399 e. The number of hydrogen-bond donors (Lipinski definition) is 4. The maximum Gasteiger partial charge on any atom is 0.216 e. The molecule has 0 amide bonds. The SMILES string of the molecule is CCC(CO)(CO)NS(=O)(=O)Cc1ccc(N)cc1. The van der Waals surface area contributed by atoms with Crippen LogP contribution in [0.3, 0.4) is 0 Å². The predicted molar refractivity (Wildman–Crippen MR) is 73.8 cm³/mol. The number of nitrogen functional groups attached to an aromatic ring is 1. The molecule has 0 aliphatic carbocycles. The molecule has 0 bridgehead atoms. The van der Waals surface area contributed by atoms with Gasteiger partial charge in [-0.3, -0.25) is 0 Å². The van der Waals surface area contributed by atoms with Crippen LogP contribution >= 0.6 is 0 Å². The van der Waals surface area contributed by atoms with E-state index >= 15 is 0 Å². The molecule has 108 valence electrons. The van der Waals surface area contributed by atoms with Crippen LogP contribution < -0.4 is 10.5 Å². The number of nitrogens with one attached hydrogen (secondary N) is 1. The lowest BCUT2D eigenvalue weighted by atomic mass is 10.0. The Bertz CT molecular complexity index is 487. The molecule has 5 N–H and O–H groups in total. The summed E-state index contributed by atoms with van der Waals surface area (Å²) in [5.41, 5.74) is 5.45. The van der Waals surface area contributed by atoms with Crippen LogP contribution in [0.1, 0.15) is 18.9 Å². The molecule has 0 saturated carbocycles. The number of aliphatic hydroxyl groups excluding tert-OH is 2. The lowest BCUT2D eigenvalue weighted by Crippen LogP contribution is -2.53. The van der Waals surface area contributed by atoms with E-state index in [0.717, 1.165) is 0 Å². The molecule has 0 atom stereocenters. The lowest BCUT2D eigenvalue weighted by molar-refractivity contribution is 0.105.